The number of carbonyl (C=O) groups excluding carboxylic acids is 1. The van der Waals surface area contributed by atoms with Crippen LogP contribution in [0.25, 0.3) is 0 Å². The number of ether oxygens (including phenoxy) is 2. The number of aromatic carboxylic acids is 1. The van der Waals surface area contributed by atoms with Gasteiger partial charge in [0.25, 0.3) is 0 Å². The van der Waals surface area contributed by atoms with Gasteiger partial charge in [-0.3, -0.25) is 4.99 Å². The first-order chi connectivity index (χ1) is 15.4. The molecule has 32 heavy (non-hydrogen) atoms. The highest BCUT2D eigenvalue weighted by Crippen LogP contribution is 2.37. The van der Waals surface area contributed by atoms with Crippen molar-refractivity contribution in [1.29, 1.82) is 0 Å². The number of carboxylic acid groups (broad SMARTS) is 1. The minimum Gasteiger partial charge on any atom is -0.493 e. The number of benzene rings is 3. The fraction of sp³-hybridized carbons (Fsp3) is 0.125. The molecule has 0 bridgehead atoms. The third-order valence-corrected chi connectivity index (χ3v) is 7.27. The average molecular weight is 561 g/mol. The Morgan fingerprint density at radius 1 is 1.03 bits per heavy atom. The van der Waals surface area contributed by atoms with Crippen LogP contribution in [0.2, 0.25) is 0 Å². The predicted molar refractivity (Wildman–Crippen MR) is 130 cm³/mol. The van der Waals surface area contributed by atoms with Gasteiger partial charge in [-0.15, -0.1) is 0 Å². The third-order valence-electron chi connectivity index (χ3n) is 4.62. The lowest BCUT2D eigenvalue weighted by Gasteiger charge is -2.24. The highest BCUT2D eigenvalue weighted by Gasteiger charge is 2.39. The van der Waals surface area contributed by atoms with Crippen LogP contribution in [-0.2, 0) is 9.12 Å². The molecule has 0 aliphatic rings. The number of alkyl halides is 2. The number of esters is 1. The van der Waals surface area contributed by atoms with Gasteiger partial charge in [0.2, 0.25) is 0 Å². The molecule has 3 rings (SSSR count). The van der Waals surface area contributed by atoms with Crippen LogP contribution in [0, 0.1) is 0 Å². The van der Waals surface area contributed by atoms with Gasteiger partial charge in [0.15, 0.2) is 15.8 Å². The number of nitrogens with zero attached hydrogens (tertiary/aromatic N) is 1. The first-order valence-corrected chi connectivity index (χ1v) is 11.4. The summed E-state index contributed by atoms with van der Waals surface area (Å²) in [6.07, 6.45) is 1.52. The SMILES string of the molecule is COc1cc(C=Nc2ccccc2C(=O)O)ccc1OC(=O)C(Br)(CBr)c1ccccc1. The molecule has 0 heterocycles. The number of rotatable bonds is 8. The normalized spacial score (nSPS) is 12.8. The molecule has 0 aliphatic heterocycles. The maximum absolute atomic E-state index is 13.0. The van der Waals surface area contributed by atoms with Gasteiger partial charge in [0.05, 0.1) is 18.4 Å². The van der Waals surface area contributed by atoms with E-state index in [4.69, 9.17) is 9.47 Å². The molecule has 1 unspecified atom stereocenters. The van der Waals surface area contributed by atoms with Gasteiger partial charge in [-0.1, -0.05) is 74.3 Å². The van der Waals surface area contributed by atoms with Crippen molar-refractivity contribution in [3.8, 4) is 11.5 Å². The lowest BCUT2D eigenvalue weighted by atomic mass is 10.0. The van der Waals surface area contributed by atoms with Crippen LogP contribution in [0.3, 0.4) is 0 Å². The molecule has 1 N–H and O–H groups in total. The molecule has 0 spiro atoms. The van der Waals surface area contributed by atoms with Crippen LogP contribution in [0.1, 0.15) is 21.5 Å². The maximum atomic E-state index is 13.0. The highest BCUT2D eigenvalue weighted by atomic mass is 79.9. The van der Waals surface area contributed by atoms with E-state index in [1.54, 1.807) is 36.4 Å². The Morgan fingerprint density at radius 3 is 2.38 bits per heavy atom. The van der Waals surface area contributed by atoms with E-state index < -0.39 is 16.3 Å². The molecule has 0 saturated heterocycles. The molecule has 0 amide bonds. The summed E-state index contributed by atoms with van der Waals surface area (Å²) in [5, 5.41) is 9.59. The summed E-state index contributed by atoms with van der Waals surface area (Å²) in [5.74, 6) is -0.968. The van der Waals surface area contributed by atoms with E-state index in [0.717, 1.165) is 5.56 Å². The number of aliphatic imine (C=N–C) groups is 1. The van der Waals surface area contributed by atoms with Crippen LogP contribution in [0.5, 0.6) is 11.5 Å². The summed E-state index contributed by atoms with van der Waals surface area (Å²) in [5.41, 5.74) is 1.83. The molecule has 0 aromatic heterocycles. The molecule has 164 valence electrons. The number of halogens is 2. The van der Waals surface area contributed by atoms with Gasteiger partial charge in [-0.05, 0) is 41.5 Å². The quantitative estimate of drug-likeness (QED) is 0.164. The van der Waals surface area contributed by atoms with Crippen LogP contribution < -0.4 is 9.47 Å². The molecule has 3 aromatic rings. The summed E-state index contributed by atoms with van der Waals surface area (Å²) < 4.78 is 9.98. The summed E-state index contributed by atoms with van der Waals surface area (Å²) in [6, 6.07) is 20.7. The van der Waals surface area contributed by atoms with E-state index in [9.17, 15) is 14.7 Å². The van der Waals surface area contributed by atoms with Crippen molar-refractivity contribution in [2.75, 3.05) is 12.4 Å². The second-order valence-corrected chi connectivity index (χ2v) is 8.60. The van der Waals surface area contributed by atoms with Crippen molar-refractivity contribution in [1.82, 2.24) is 0 Å². The molecule has 0 saturated carbocycles. The van der Waals surface area contributed by atoms with E-state index in [2.05, 4.69) is 36.9 Å². The first kappa shape index (κ1) is 23.7. The molecule has 0 radical (unpaired) electrons. The van der Waals surface area contributed by atoms with E-state index in [0.29, 0.717) is 22.3 Å². The molecule has 0 fully saturated rings. The summed E-state index contributed by atoms with van der Waals surface area (Å²) in [6.45, 7) is 0. The first-order valence-electron chi connectivity index (χ1n) is 9.46. The van der Waals surface area contributed by atoms with Crippen LogP contribution >= 0.6 is 31.9 Å². The zero-order valence-corrected chi connectivity index (χ0v) is 20.2. The molecule has 1 atom stereocenters. The van der Waals surface area contributed by atoms with Crippen LogP contribution in [-0.4, -0.2) is 35.7 Å². The van der Waals surface area contributed by atoms with Crippen molar-refractivity contribution in [3.63, 3.8) is 0 Å². The monoisotopic (exact) mass is 559 g/mol. The summed E-state index contributed by atoms with van der Waals surface area (Å²) >= 11 is 6.90. The van der Waals surface area contributed by atoms with Crippen molar-refractivity contribution >= 4 is 55.7 Å². The largest absolute Gasteiger partial charge is 0.493 e. The fourth-order valence-corrected chi connectivity index (χ4v) is 3.79. The van der Waals surface area contributed by atoms with Crippen LogP contribution in [0.4, 0.5) is 5.69 Å². The van der Waals surface area contributed by atoms with Gasteiger partial charge in [-0.25, -0.2) is 9.59 Å². The van der Waals surface area contributed by atoms with E-state index in [1.165, 1.54) is 19.4 Å². The number of carbonyl (C=O) groups is 2. The molecule has 0 aliphatic carbocycles. The highest BCUT2D eigenvalue weighted by molar-refractivity contribution is 9.12. The number of hydrogen-bond donors (Lipinski definition) is 1. The number of para-hydroxylation sites is 1. The Labute approximate surface area is 202 Å². The van der Waals surface area contributed by atoms with Gasteiger partial charge >= 0.3 is 11.9 Å². The van der Waals surface area contributed by atoms with Crippen molar-refractivity contribution in [3.05, 3.63) is 89.5 Å². The van der Waals surface area contributed by atoms with Gasteiger partial charge < -0.3 is 14.6 Å². The standard InChI is InChI=1S/C24H19Br2NO5/c1-31-21-13-16(14-27-19-10-6-5-9-18(19)22(28)29)11-12-20(21)32-23(30)24(26,15-25)17-7-3-2-4-8-17/h2-14H,15H2,1H3,(H,28,29). The minimum absolute atomic E-state index is 0.102. The molecule has 6 nitrogen and oxygen atoms in total. The second-order valence-electron chi connectivity index (χ2n) is 6.68. The van der Waals surface area contributed by atoms with Crippen molar-refractivity contribution < 1.29 is 24.2 Å². The number of hydrogen-bond acceptors (Lipinski definition) is 5. The van der Waals surface area contributed by atoms with E-state index in [1.807, 2.05) is 30.3 Å². The minimum atomic E-state index is -1.07. The van der Waals surface area contributed by atoms with Gasteiger partial charge in [-0.2, -0.15) is 0 Å². The summed E-state index contributed by atoms with van der Waals surface area (Å²) in [4.78, 5) is 28.6. The summed E-state index contributed by atoms with van der Waals surface area (Å²) in [7, 11) is 1.47. The Hall–Kier alpha value is -2.97. The topological polar surface area (TPSA) is 85.2 Å². The molecule has 3 aromatic carbocycles. The zero-order valence-electron chi connectivity index (χ0n) is 17.0. The Morgan fingerprint density at radius 2 is 1.72 bits per heavy atom. The number of carboxylic acids is 1. The van der Waals surface area contributed by atoms with E-state index >= 15 is 0 Å². The van der Waals surface area contributed by atoms with Crippen molar-refractivity contribution in [2.45, 2.75) is 4.32 Å². The average Bonchev–Trinajstić information content (AvgIpc) is 2.83. The maximum Gasteiger partial charge on any atom is 0.337 e. The molecular formula is C24H19Br2NO5. The Kier molecular flexibility index (Phi) is 7.82. The second kappa shape index (κ2) is 10.6. The lowest BCUT2D eigenvalue weighted by Crippen LogP contribution is -2.35. The third kappa shape index (κ3) is 5.26. The van der Waals surface area contributed by atoms with Crippen LogP contribution in [0.15, 0.2) is 77.8 Å². The lowest BCUT2D eigenvalue weighted by molar-refractivity contribution is -0.136. The molecule has 8 heteroatoms. The zero-order chi connectivity index (χ0) is 23.1. The van der Waals surface area contributed by atoms with E-state index in [-0.39, 0.29) is 11.3 Å². The Bertz CT molecular complexity index is 1150. The number of methoxy groups -OCH3 is 1. The van der Waals surface area contributed by atoms with Crippen molar-refractivity contribution in [2.24, 2.45) is 4.99 Å². The molecular weight excluding hydrogens is 542 g/mol. The Balaban J connectivity index is 1.84. The smallest absolute Gasteiger partial charge is 0.337 e. The van der Waals surface area contributed by atoms with Gasteiger partial charge in [0.1, 0.15) is 0 Å². The predicted octanol–water partition coefficient (Wildman–Crippen LogP) is 5.73. The fourth-order valence-electron chi connectivity index (χ4n) is 2.89. The van der Waals surface area contributed by atoms with Gasteiger partial charge in [0, 0.05) is 11.5 Å².